The van der Waals surface area contributed by atoms with E-state index in [1.807, 2.05) is 0 Å². The van der Waals surface area contributed by atoms with E-state index in [0.29, 0.717) is 0 Å². The summed E-state index contributed by atoms with van der Waals surface area (Å²) in [7, 11) is 1.65. The Balaban J connectivity index is 1.73. The minimum Gasteiger partial charge on any atom is -0.306 e. The van der Waals surface area contributed by atoms with E-state index >= 15 is 0 Å². The zero-order valence-corrected chi connectivity index (χ0v) is 11.8. The maximum absolute atomic E-state index is 13.6. The van der Waals surface area contributed by atoms with Crippen molar-refractivity contribution in [3.8, 4) is 11.4 Å². The summed E-state index contributed by atoms with van der Waals surface area (Å²) in [6.07, 6.45) is 1.51. The molecule has 1 amide bonds. The van der Waals surface area contributed by atoms with Crippen molar-refractivity contribution in [1.29, 1.82) is 0 Å². The lowest BCUT2D eigenvalue weighted by Gasteiger charge is -2.00. The van der Waals surface area contributed by atoms with E-state index in [4.69, 9.17) is 0 Å². The lowest BCUT2D eigenvalue weighted by atomic mass is 10.2. The summed E-state index contributed by atoms with van der Waals surface area (Å²) in [5, 5.41) is 20.8. The monoisotopic (exact) mass is 320 g/mol. The van der Waals surface area contributed by atoms with E-state index < -0.39 is 23.1 Å². The fourth-order valence-electron chi connectivity index (χ4n) is 1.84. The van der Waals surface area contributed by atoms with Crippen LogP contribution in [0.5, 0.6) is 0 Å². The first kappa shape index (κ1) is 14.7. The number of nitrogens with one attached hydrogen (secondary N) is 1. The van der Waals surface area contributed by atoms with Gasteiger partial charge in [-0.1, -0.05) is 11.3 Å². The van der Waals surface area contributed by atoms with Crippen LogP contribution in [0.25, 0.3) is 11.4 Å². The standard InChI is InChI=1S/C12H10F2N8O/c1-21-5-9(16-19-21)15-10(23)6-22-18-12(17-20-22)11-7(13)3-2-4-8(11)14/h2-5H,6H2,1H3,(H,15,23). The number of anilines is 1. The minimum absolute atomic E-state index is 0.243. The van der Waals surface area contributed by atoms with Crippen LogP contribution in [0.3, 0.4) is 0 Å². The summed E-state index contributed by atoms with van der Waals surface area (Å²) in [5.74, 6) is -2.09. The summed E-state index contributed by atoms with van der Waals surface area (Å²) in [5.41, 5.74) is -0.395. The molecule has 0 spiro atoms. The molecule has 0 aliphatic carbocycles. The van der Waals surface area contributed by atoms with Gasteiger partial charge in [-0.3, -0.25) is 9.48 Å². The first-order valence-corrected chi connectivity index (χ1v) is 6.41. The van der Waals surface area contributed by atoms with Crippen molar-refractivity contribution in [1.82, 2.24) is 35.2 Å². The van der Waals surface area contributed by atoms with Gasteiger partial charge in [0.15, 0.2) is 5.82 Å². The topological polar surface area (TPSA) is 103 Å². The Bertz CT molecular complexity index is 838. The number of tetrazole rings is 1. The number of amides is 1. The Morgan fingerprint density at radius 3 is 2.61 bits per heavy atom. The average Bonchev–Trinajstić information content (AvgIpc) is 3.08. The second kappa shape index (κ2) is 5.87. The third kappa shape index (κ3) is 3.17. The van der Waals surface area contributed by atoms with Crippen LogP contribution in [-0.2, 0) is 18.4 Å². The van der Waals surface area contributed by atoms with Crippen molar-refractivity contribution in [2.45, 2.75) is 6.54 Å². The summed E-state index contributed by atoms with van der Waals surface area (Å²) in [6.45, 7) is -0.292. The quantitative estimate of drug-likeness (QED) is 0.745. The Morgan fingerprint density at radius 2 is 1.96 bits per heavy atom. The number of aromatic nitrogens is 7. The number of hydrogen-bond acceptors (Lipinski definition) is 6. The van der Waals surface area contributed by atoms with Crippen LogP contribution in [-0.4, -0.2) is 41.1 Å². The molecule has 1 aromatic carbocycles. The number of aryl methyl sites for hydroxylation is 1. The number of nitrogens with zero attached hydrogens (tertiary/aromatic N) is 7. The van der Waals surface area contributed by atoms with Gasteiger partial charge in [0.2, 0.25) is 11.7 Å². The van der Waals surface area contributed by atoms with Gasteiger partial charge in [0.25, 0.3) is 0 Å². The molecule has 0 aliphatic heterocycles. The number of carbonyl (C=O) groups is 1. The molecule has 118 valence electrons. The van der Waals surface area contributed by atoms with Crippen LogP contribution < -0.4 is 5.32 Å². The summed E-state index contributed by atoms with van der Waals surface area (Å²) in [4.78, 5) is 12.7. The molecule has 0 saturated carbocycles. The molecule has 0 bridgehead atoms. The zero-order valence-electron chi connectivity index (χ0n) is 11.8. The number of halogens is 2. The molecule has 9 nitrogen and oxygen atoms in total. The van der Waals surface area contributed by atoms with E-state index in [1.54, 1.807) is 7.05 Å². The average molecular weight is 320 g/mol. The van der Waals surface area contributed by atoms with Crippen molar-refractivity contribution < 1.29 is 13.6 Å². The van der Waals surface area contributed by atoms with Gasteiger partial charge >= 0.3 is 0 Å². The van der Waals surface area contributed by atoms with Gasteiger partial charge in [-0.05, 0) is 17.3 Å². The molecule has 11 heteroatoms. The summed E-state index contributed by atoms with van der Waals surface area (Å²) < 4.78 is 28.7. The number of hydrogen-bond donors (Lipinski definition) is 1. The van der Waals surface area contributed by atoms with Crippen molar-refractivity contribution in [2.75, 3.05) is 5.32 Å². The van der Waals surface area contributed by atoms with E-state index in [9.17, 15) is 13.6 Å². The predicted octanol–water partition coefficient (Wildman–Crippen LogP) is 0.385. The molecule has 0 radical (unpaired) electrons. The van der Waals surface area contributed by atoms with Crippen molar-refractivity contribution in [3.63, 3.8) is 0 Å². The molecule has 0 fully saturated rings. The zero-order chi connectivity index (χ0) is 16.4. The third-order valence-corrected chi connectivity index (χ3v) is 2.79. The van der Waals surface area contributed by atoms with Crippen LogP contribution in [0.15, 0.2) is 24.4 Å². The molecule has 23 heavy (non-hydrogen) atoms. The van der Waals surface area contributed by atoms with Gasteiger partial charge in [-0.25, -0.2) is 8.78 Å². The van der Waals surface area contributed by atoms with Gasteiger partial charge in [0.1, 0.15) is 18.2 Å². The van der Waals surface area contributed by atoms with Gasteiger partial charge in [0.05, 0.1) is 11.8 Å². The molecule has 0 saturated heterocycles. The lowest BCUT2D eigenvalue weighted by Crippen LogP contribution is -2.20. The molecule has 2 aromatic heterocycles. The Morgan fingerprint density at radius 1 is 1.22 bits per heavy atom. The third-order valence-electron chi connectivity index (χ3n) is 2.79. The highest BCUT2D eigenvalue weighted by atomic mass is 19.1. The van der Waals surface area contributed by atoms with E-state index in [2.05, 4.69) is 31.0 Å². The highest BCUT2D eigenvalue weighted by molar-refractivity contribution is 5.89. The highest BCUT2D eigenvalue weighted by Gasteiger charge is 2.17. The molecule has 1 N–H and O–H groups in total. The fourth-order valence-corrected chi connectivity index (χ4v) is 1.84. The van der Waals surface area contributed by atoms with Gasteiger partial charge in [-0.15, -0.1) is 15.3 Å². The predicted molar refractivity (Wildman–Crippen MR) is 72.8 cm³/mol. The number of rotatable bonds is 4. The second-order valence-corrected chi connectivity index (χ2v) is 4.57. The maximum atomic E-state index is 13.6. The van der Waals surface area contributed by atoms with Gasteiger partial charge in [0, 0.05) is 7.05 Å². The second-order valence-electron chi connectivity index (χ2n) is 4.57. The molecular weight excluding hydrogens is 310 g/mol. The smallest absolute Gasteiger partial charge is 0.249 e. The van der Waals surface area contributed by atoms with Crippen LogP contribution in [0, 0.1) is 11.6 Å². The van der Waals surface area contributed by atoms with E-state index in [1.165, 1.54) is 16.9 Å². The van der Waals surface area contributed by atoms with Crippen LogP contribution in [0.2, 0.25) is 0 Å². The molecular formula is C12H10F2N8O. The van der Waals surface area contributed by atoms with Gasteiger partial charge in [-0.2, -0.15) is 4.80 Å². The van der Waals surface area contributed by atoms with Crippen LogP contribution >= 0.6 is 0 Å². The van der Waals surface area contributed by atoms with E-state index in [0.717, 1.165) is 16.9 Å². The molecule has 3 aromatic rings. The fraction of sp³-hybridized carbons (Fsp3) is 0.167. The number of benzene rings is 1. The molecule has 3 rings (SSSR count). The Hall–Kier alpha value is -3.24. The van der Waals surface area contributed by atoms with Crippen molar-refractivity contribution >= 4 is 11.7 Å². The Labute approximate surface area is 127 Å². The van der Waals surface area contributed by atoms with Crippen LogP contribution in [0.4, 0.5) is 14.6 Å². The molecule has 0 aliphatic rings. The highest BCUT2D eigenvalue weighted by Crippen LogP contribution is 2.21. The summed E-state index contributed by atoms with van der Waals surface area (Å²) in [6, 6.07) is 3.40. The summed E-state index contributed by atoms with van der Waals surface area (Å²) >= 11 is 0. The maximum Gasteiger partial charge on any atom is 0.249 e. The van der Waals surface area contributed by atoms with Crippen molar-refractivity contribution in [3.05, 3.63) is 36.0 Å². The first-order chi connectivity index (χ1) is 11.0. The largest absolute Gasteiger partial charge is 0.306 e. The SMILES string of the molecule is Cn1cc(NC(=O)Cn2nnc(-c3c(F)cccc3F)n2)nn1. The first-order valence-electron chi connectivity index (χ1n) is 6.41. The number of carbonyl (C=O) groups excluding carboxylic acids is 1. The van der Waals surface area contributed by atoms with Gasteiger partial charge < -0.3 is 5.32 Å². The molecule has 0 atom stereocenters. The van der Waals surface area contributed by atoms with Crippen molar-refractivity contribution in [2.24, 2.45) is 7.05 Å². The molecule has 0 unspecified atom stereocenters. The minimum atomic E-state index is -0.812. The normalized spacial score (nSPS) is 10.7. The lowest BCUT2D eigenvalue weighted by molar-refractivity contribution is -0.117. The Kier molecular flexibility index (Phi) is 3.75. The van der Waals surface area contributed by atoms with Crippen LogP contribution in [0.1, 0.15) is 0 Å². The molecule has 2 heterocycles. The van der Waals surface area contributed by atoms with E-state index in [-0.39, 0.29) is 18.2 Å².